The van der Waals surface area contributed by atoms with Crippen LogP contribution in [0.2, 0.25) is 0 Å². The number of amides is 1. The largest absolute Gasteiger partial charge is 0.333 e. The van der Waals surface area contributed by atoms with Gasteiger partial charge in [-0.2, -0.15) is 0 Å². The number of nitrogens with one attached hydrogen (secondary N) is 1. The molecule has 1 N–H and O–H groups in total. The second kappa shape index (κ2) is 6.16. The van der Waals surface area contributed by atoms with E-state index in [0.717, 1.165) is 18.7 Å². The normalized spacial score (nSPS) is 19.3. The number of benzene rings is 1. The van der Waals surface area contributed by atoms with Gasteiger partial charge in [-0.15, -0.1) is 12.4 Å². The summed E-state index contributed by atoms with van der Waals surface area (Å²) < 4.78 is 13.6. The van der Waals surface area contributed by atoms with Gasteiger partial charge in [0.25, 0.3) is 5.91 Å². The maximum Gasteiger partial charge on any atom is 0.257 e. The van der Waals surface area contributed by atoms with E-state index in [1.54, 1.807) is 17.0 Å². The summed E-state index contributed by atoms with van der Waals surface area (Å²) in [5, 5.41) is 3.21. The average molecular weight is 273 g/mol. The fraction of sp³-hybridized carbons (Fsp3) is 0.462. The van der Waals surface area contributed by atoms with E-state index in [2.05, 4.69) is 5.32 Å². The second-order valence-corrected chi connectivity index (χ2v) is 4.53. The molecule has 0 bridgehead atoms. The molecule has 1 aromatic rings. The minimum atomic E-state index is -0.439. The van der Waals surface area contributed by atoms with Crippen LogP contribution in [0.5, 0.6) is 0 Å². The van der Waals surface area contributed by atoms with Gasteiger partial charge in [0.1, 0.15) is 5.82 Å². The minimum absolute atomic E-state index is 0. The Labute approximate surface area is 113 Å². The Hall–Kier alpha value is -1.13. The van der Waals surface area contributed by atoms with Crippen LogP contribution in [0, 0.1) is 12.7 Å². The van der Waals surface area contributed by atoms with Gasteiger partial charge in [0.15, 0.2) is 0 Å². The van der Waals surface area contributed by atoms with Gasteiger partial charge >= 0.3 is 0 Å². The minimum Gasteiger partial charge on any atom is -0.333 e. The van der Waals surface area contributed by atoms with Crippen molar-refractivity contribution >= 4 is 18.3 Å². The number of hydrogen-bond acceptors (Lipinski definition) is 2. The summed E-state index contributed by atoms with van der Waals surface area (Å²) in [6.45, 7) is 5.99. The van der Waals surface area contributed by atoms with Crippen molar-refractivity contribution in [1.29, 1.82) is 0 Å². The van der Waals surface area contributed by atoms with Crippen LogP contribution in [0.15, 0.2) is 18.2 Å². The van der Waals surface area contributed by atoms with Crippen molar-refractivity contribution in [1.82, 2.24) is 10.2 Å². The van der Waals surface area contributed by atoms with Crippen molar-refractivity contribution in [2.45, 2.75) is 19.9 Å². The van der Waals surface area contributed by atoms with Crippen LogP contribution in [0.1, 0.15) is 22.8 Å². The number of hydrogen-bond donors (Lipinski definition) is 1. The molecular weight excluding hydrogens is 255 g/mol. The van der Waals surface area contributed by atoms with Crippen molar-refractivity contribution in [3.05, 3.63) is 35.1 Å². The molecule has 18 heavy (non-hydrogen) atoms. The Morgan fingerprint density at radius 2 is 2.22 bits per heavy atom. The standard InChI is InChI=1S/C13H17FN2O.ClH/c1-9-3-4-12(14)11(7-9)13(17)16-6-5-15-8-10(16)2;/h3-4,7,10,15H,5-6,8H2,1-2H3;1H/t10-;/m1./s1. The molecule has 1 aliphatic heterocycles. The van der Waals surface area contributed by atoms with Gasteiger partial charge < -0.3 is 10.2 Å². The smallest absolute Gasteiger partial charge is 0.257 e. The molecule has 0 spiro atoms. The van der Waals surface area contributed by atoms with E-state index in [9.17, 15) is 9.18 Å². The van der Waals surface area contributed by atoms with E-state index >= 15 is 0 Å². The first kappa shape index (κ1) is 14.9. The third-order valence-corrected chi connectivity index (χ3v) is 3.11. The monoisotopic (exact) mass is 272 g/mol. The summed E-state index contributed by atoms with van der Waals surface area (Å²) in [5.41, 5.74) is 1.08. The Bertz CT molecular complexity index is 439. The summed E-state index contributed by atoms with van der Waals surface area (Å²) in [7, 11) is 0. The Morgan fingerprint density at radius 1 is 1.50 bits per heavy atom. The SMILES string of the molecule is Cc1ccc(F)c(C(=O)N2CCNC[C@H]2C)c1.Cl. The Balaban J connectivity index is 0.00000162. The zero-order valence-electron chi connectivity index (χ0n) is 10.6. The van der Waals surface area contributed by atoms with Crippen molar-refractivity contribution in [3.63, 3.8) is 0 Å². The van der Waals surface area contributed by atoms with E-state index in [1.165, 1.54) is 6.07 Å². The van der Waals surface area contributed by atoms with Crippen LogP contribution in [-0.4, -0.2) is 36.5 Å². The van der Waals surface area contributed by atoms with Gasteiger partial charge in [0.05, 0.1) is 5.56 Å². The zero-order chi connectivity index (χ0) is 12.4. The number of aryl methyl sites for hydroxylation is 1. The molecule has 0 radical (unpaired) electrons. The molecule has 100 valence electrons. The third-order valence-electron chi connectivity index (χ3n) is 3.11. The number of halogens is 2. The molecule has 0 unspecified atom stereocenters. The van der Waals surface area contributed by atoms with Crippen LogP contribution < -0.4 is 5.32 Å². The number of nitrogens with zero attached hydrogens (tertiary/aromatic N) is 1. The van der Waals surface area contributed by atoms with Crippen LogP contribution in [0.4, 0.5) is 4.39 Å². The molecule has 0 saturated carbocycles. The second-order valence-electron chi connectivity index (χ2n) is 4.53. The van der Waals surface area contributed by atoms with Gasteiger partial charge in [-0.1, -0.05) is 11.6 Å². The van der Waals surface area contributed by atoms with E-state index in [1.807, 2.05) is 13.8 Å². The van der Waals surface area contributed by atoms with E-state index < -0.39 is 5.82 Å². The predicted octanol–water partition coefficient (Wildman–Crippen LogP) is 1.99. The van der Waals surface area contributed by atoms with Crippen LogP contribution in [0.25, 0.3) is 0 Å². The van der Waals surface area contributed by atoms with Crippen LogP contribution >= 0.6 is 12.4 Å². The van der Waals surface area contributed by atoms with E-state index in [-0.39, 0.29) is 29.9 Å². The van der Waals surface area contributed by atoms with Gasteiger partial charge in [-0.05, 0) is 26.0 Å². The molecule has 1 aromatic carbocycles. The molecular formula is C13H18ClFN2O. The molecule has 1 fully saturated rings. The molecule has 2 rings (SSSR count). The first-order valence-corrected chi connectivity index (χ1v) is 5.87. The lowest BCUT2D eigenvalue weighted by Gasteiger charge is -2.34. The maximum atomic E-state index is 13.6. The van der Waals surface area contributed by atoms with Crippen LogP contribution in [-0.2, 0) is 0 Å². The average Bonchev–Trinajstić information content (AvgIpc) is 2.32. The van der Waals surface area contributed by atoms with Crippen molar-refractivity contribution in [2.24, 2.45) is 0 Å². The number of piperazine rings is 1. The van der Waals surface area contributed by atoms with Crippen molar-refractivity contribution < 1.29 is 9.18 Å². The summed E-state index contributed by atoms with van der Waals surface area (Å²) in [6.07, 6.45) is 0. The molecule has 0 aliphatic carbocycles. The van der Waals surface area contributed by atoms with Gasteiger partial charge in [-0.25, -0.2) is 4.39 Å². The fourth-order valence-corrected chi connectivity index (χ4v) is 2.10. The van der Waals surface area contributed by atoms with Crippen molar-refractivity contribution in [2.75, 3.05) is 19.6 Å². The molecule has 1 saturated heterocycles. The first-order valence-electron chi connectivity index (χ1n) is 5.87. The fourth-order valence-electron chi connectivity index (χ4n) is 2.10. The number of rotatable bonds is 1. The van der Waals surface area contributed by atoms with Crippen molar-refractivity contribution in [3.8, 4) is 0 Å². The van der Waals surface area contributed by atoms with Crippen LogP contribution in [0.3, 0.4) is 0 Å². The highest BCUT2D eigenvalue weighted by Crippen LogP contribution is 2.15. The Morgan fingerprint density at radius 3 is 2.89 bits per heavy atom. The van der Waals surface area contributed by atoms with Gasteiger partial charge in [0, 0.05) is 25.7 Å². The quantitative estimate of drug-likeness (QED) is 0.848. The molecule has 0 aromatic heterocycles. The number of carbonyl (C=O) groups is 1. The maximum absolute atomic E-state index is 13.6. The lowest BCUT2D eigenvalue weighted by molar-refractivity contribution is 0.0651. The van der Waals surface area contributed by atoms with E-state index in [4.69, 9.17) is 0 Å². The molecule has 1 heterocycles. The first-order chi connectivity index (χ1) is 8.09. The predicted molar refractivity (Wildman–Crippen MR) is 71.8 cm³/mol. The molecule has 1 aliphatic rings. The molecule has 3 nitrogen and oxygen atoms in total. The summed E-state index contributed by atoms with van der Waals surface area (Å²) >= 11 is 0. The molecule has 1 amide bonds. The topological polar surface area (TPSA) is 32.3 Å². The molecule has 1 atom stereocenters. The zero-order valence-corrected chi connectivity index (χ0v) is 11.4. The van der Waals surface area contributed by atoms with Gasteiger partial charge in [-0.3, -0.25) is 4.79 Å². The molecule has 5 heteroatoms. The lowest BCUT2D eigenvalue weighted by atomic mass is 10.1. The van der Waals surface area contributed by atoms with E-state index in [0.29, 0.717) is 6.54 Å². The third kappa shape index (κ3) is 3.00. The summed E-state index contributed by atoms with van der Waals surface area (Å²) in [5.74, 6) is -0.647. The highest BCUT2D eigenvalue weighted by atomic mass is 35.5. The lowest BCUT2D eigenvalue weighted by Crippen LogP contribution is -2.52. The van der Waals surface area contributed by atoms with Gasteiger partial charge in [0.2, 0.25) is 0 Å². The number of carbonyl (C=O) groups excluding carboxylic acids is 1. The summed E-state index contributed by atoms with van der Waals surface area (Å²) in [4.78, 5) is 14.0. The highest BCUT2D eigenvalue weighted by Gasteiger charge is 2.25. The highest BCUT2D eigenvalue weighted by molar-refractivity contribution is 5.95. The Kier molecular flexibility index (Phi) is 5.11. The summed E-state index contributed by atoms with van der Waals surface area (Å²) in [6, 6.07) is 4.76.